The van der Waals surface area contributed by atoms with E-state index in [1.54, 1.807) is 47.2 Å². The number of rotatable bonds is 15. The monoisotopic (exact) mass is 564 g/mol. The third-order valence-corrected chi connectivity index (χ3v) is 7.19. The summed E-state index contributed by atoms with van der Waals surface area (Å²) in [6.45, 7) is 7.29. The van der Waals surface area contributed by atoms with Crippen molar-refractivity contribution >= 4 is 34.0 Å². The molecule has 0 heterocycles. The first kappa shape index (κ1) is 34.8. The van der Waals surface area contributed by atoms with Crippen LogP contribution in [0.3, 0.4) is 0 Å². The van der Waals surface area contributed by atoms with Crippen molar-refractivity contribution in [3.05, 3.63) is 58.7 Å². The molecular formula is C25H41ClN2O6S2. The maximum Gasteiger partial charge on any atom is 0.120 e. The van der Waals surface area contributed by atoms with Crippen LogP contribution in [0.15, 0.2) is 36.4 Å². The Morgan fingerprint density at radius 2 is 1.19 bits per heavy atom. The molecule has 0 unspecified atom stereocenters. The van der Waals surface area contributed by atoms with E-state index in [0.717, 1.165) is 35.3 Å². The first-order chi connectivity index (χ1) is 16.8. The second-order valence-corrected chi connectivity index (χ2v) is 11.4. The van der Waals surface area contributed by atoms with Crippen molar-refractivity contribution in [2.75, 3.05) is 39.1 Å². The van der Waals surface area contributed by atoms with Crippen molar-refractivity contribution < 1.29 is 29.9 Å². The molecule has 2 rings (SSSR count). The largest absolute Gasteiger partial charge is 0.492 e. The summed E-state index contributed by atoms with van der Waals surface area (Å²) in [5.74, 6) is 1.32. The van der Waals surface area contributed by atoms with Gasteiger partial charge in [-0.15, -0.1) is 12.4 Å². The van der Waals surface area contributed by atoms with Gasteiger partial charge in [0.1, 0.15) is 24.7 Å². The van der Waals surface area contributed by atoms with Gasteiger partial charge in [-0.3, -0.25) is 0 Å². The van der Waals surface area contributed by atoms with E-state index in [0.29, 0.717) is 31.3 Å². The molecule has 2 aromatic carbocycles. The van der Waals surface area contributed by atoms with Gasteiger partial charge < -0.3 is 41.0 Å². The van der Waals surface area contributed by atoms with Gasteiger partial charge in [-0.05, 0) is 66.6 Å². The van der Waals surface area contributed by atoms with Crippen LogP contribution in [0.4, 0.5) is 0 Å². The van der Waals surface area contributed by atoms with Crippen LogP contribution in [0.5, 0.6) is 11.5 Å². The van der Waals surface area contributed by atoms with Crippen LogP contribution in [-0.2, 0) is 26.4 Å². The second-order valence-electron chi connectivity index (χ2n) is 8.27. The average Bonchev–Trinajstić information content (AvgIpc) is 2.86. The summed E-state index contributed by atoms with van der Waals surface area (Å²) < 4.78 is 11.2. The minimum Gasteiger partial charge on any atom is -0.492 e. The summed E-state index contributed by atoms with van der Waals surface area (Å²) in [6, 6.07) is 10.6. The minimum atomic E-state index is -0.0627. The summed E-state index contributed by atoms with van der Waals surface area (Å²) in [5, 5.41) is 39.6. The number of nitrogens with two attached hydrogens (primary N) is 1. The van der Waals surface area contributed by atoms with Crippen molar-refractivity contribution in [3.63, 3.8) is 0 Å². The first-order valence-corrected chi connectivity index (χ1v) is 13.9. The van der Waals surface area contributed by atoms with Gasteiger partial charge in [-0.25, -0.2) is 0 Å². The van der Waals surface area contributed by atoms with E-state index in [1.807, 2.05) is 10.8 Å². The Bertz CT molecular complexity index is 817. The maximum atomic E-state index is 9.18. The van der Waals surface area contributed by atoms with E-state index in [-0.39, 0.29) is 43.6 Å². The number of ether oxygens (including phenoxy) is 2. The molecule has 0 aliphatic carbocycles. The standard InChI is InChI=1S/C15H25NO3S2.C10H15NO3.ClH/c1-15(2,21-20-3)11-16-4-5-19-14-7-12(9-17)6-13(8-14)10-18;11-1-2-14-10-4-8(6-12)3-9(5-10)7-13;/h6-8,16-18H,4-5,9-11H2,1-3H3;3-5,12-13H,1-2,6-7,11H2;1H. The zero-order chi connectivity index (χ0) is 26.1. The molecule has 0 aliphatic heterocycles. The number of benzene rings is 2. The lowest BCUT2D eigenvalue weighted by molar-refractivity contribution is 0.270. The molecule has 0 fully saturated rings. The van der Waals surface area contributed by atoms with Gasteiger partial charge in [-0.2, -0.15) is 0 Å². The third kappa shape index (κ3) is 14.5. The number of aliphatic hydroxyl groups is 4. The Kier molecular flexibility index (Phi) is 19.2. The van der Waals surface area contributed by atoms with Gasteiger partial charge in [0, 0.05) is 24.4 Å². The quantitative estimate of drug-likeness (QED) is 0.141. The molecule has 2 aromatic rings. The van der Waals surface area contributed by atoms with E-state index in [1.165, 1.54) is 0 Å². The van der Waals surface area contributed by atoms with Crippen LogP contribution in [0.25, 0.3) is 0 Å². The highest BCUT2D eigenvalue weighted by Gasteiger charge is 2.17. The molecule has 11 heteroatoms. The first-order valence-electron chi connectivity index (χ1n) is 11.4. The van der Waals surface area contributed by atoms with Crippen LogP contribution < -0.4 is 20.5 Å². The normalized spacial score (nSPS) is 10.8. The third-order valence-electron chi connectivity index (χ3n) is 4.58. The highest BCUT2D eigenvalue weighted by molar-refractivity contribution is 8.76. The molecular weight excluding hydrogens is 524 g/mol. The minimum absolute atomic E-state index is 0. The molecule has 8 nitrogen and oxygen atoms in total. The summed E-state index contributed by atoms with van der Waals surface area (Å²) >= 11 is 0. The molecule has 0 bridgehead atoms. The second kappa shape index (κ2) is 19.8. The van der Waals surface area contributed by atoms with E-state index in [4.69, 9.17) is 25.4 Å². The van der Waals surface area contributed by atoms with Gasteiger partial charge in [0.15, 0.2) is 0 Å². The highest BCUT2D eigenvalue weighted by Crippen LogP contribution is 2.32. The summed E-state index contributed by atoms with van der Waals surface area (Å²) in [7, 11) is 3.63. The van der Waals surface area contributed by atoms with Crippen LogP contribution in [0, 0.1) is 0 Å². The van der Waals surface area contributed by atoms with E-state index in [9.17, 15) is 10.2 Å². The smallest absolute Gasteiger partial charge is 0.120 e. The Labute approximate surface area is 228 Å². The van der Waals surface area contributed by atoms with Gasteiger partial charge >= 0.3 is 0 Å². The highest BCUT2D eigenvalue weighted by atomic mass is 35.5. The van der Waals surface area contributed by atoms with Crippen LogP contribution in [-0.4, -0.2) is 64.3 Å². The van der Waals surface area contributed by atoms with Crippen LogP contribution in [0.1, 0.15) is 36.1 Å². The fourth-order valence-corrected chi connectivity index (χ4v) is 5.19. The van der Waals surface area contributed by atoms with Crippen molar-refractivity contribution in [1.82, 2.24) is 5.32 Å². The van der Waals surface area contributed by atoms with Crippen molar-refractivity contribution in [3.8, 4) is 11.5 Å². The molecule has 36 heavy (non-hydrogen) atoms. The number of hydrogen-bond donors (Lipinski definition) is 6. The Hall–Kier alpha value is -1.21. The number of nitrogens with one attached hydrogen (secondary N) is 1. The summed E-state index contributed by atoms with van der Waals surface area (Å²) in [4.78, 5) is 0. The fraction of sp³-hybridized carbons (Fsp3) is 0.520. The Morgan fingerprint density at radius 1 is 0.778 bits per heavy atom. The lowest BCUT2D eigenvalue weighted by Crippen LogP contribution is -2.34. The van der Waals surface area contributed by atoms with Gasteiger partial charge in [0.2, 0.25) is 0 Å². The molecule has 0 amide bonds. The van der Waals surface area contributed by atoms with Gasteiger partial charge in [-0.1, -0.05) is 33.7 Å². The molecule has 206 valence electrons. The van der Waals surface area contributed by atoms with Crippen LogP contribution in [0.2, 0.25) is 0 Å². The molecule has 0 aromatic heterocycles. The maximum absolute atomic E-state index is 9.18. The lowest BCUT2D eigenvalue weighted by atomic mass is 10.1. The van der Waals surface area contributed by atoms with Gasteiger partial charge in [0.25, 0.3) is 0 Å². The Morgan fingerprint density at radius 3 is 1.56 bits per heavy atom. The zero-order valence-electron chi connectivity index (χ0n) is 21.2. The number of halogens is 1. The predicted molar refractivity (Wildman–Crippen MR) is 152 cm³/mol. The molecule has 0 saturated heterocycles. The van der Waals surface area contributed by atoms with Crippen LogP contribution >= 0.6 is 34.0 Å². The zero-order valence-corrected chi connectivity index (χ0v) is 23.7. The number of hydrogen-bond acceptors (Lipinski definition) is 10. The number of aliphatic hydroxyl groups excluding tert-OH is 4. The van der Waals surface area contributed by atoms with E-state index < -0.39 is 0 Å². The fourth-order valence-electron chi connectivity index (χ4n) is 3.05. The molecule has 0 saturated carbocycles. The predicted octanol–water partition coefficient (Wildman–Crippen LogP) is 2.86. The average molecular weight is 565 g/mol. The molecule has 0 radical (unpaired) electrons. The van der Waals surface area contributed by atoms with Crippen molar-refractivity contribution in [2.24, 2.45) is 5.73 Å². The summed E-state index contributed by atoms with van der Waals surface area (Å²) in [6.07, 6.45) is 2.09. The van der Waals surface area contributed by atoms with Crippen molar-refractivity contribution in [2.45, 2.75) is 45.0 Å². The lowest BCUT2D eigenvalue weighted by Gasteiger charge is -2.22. The van der Waals surface area contributed by atoms with Gasteiger partial charge in [0.05, 0.1) is 26.4 Å². The molecule has 0 spiro atoms. The van der Waals surface area contributed by atoms with Crippen molar-refractivity contribution in [1.29, 1.82) is 0 Å². The molecule has 0 atom stereocenters. The van der Waals surface area contributed by atoms with E-state index in [2.05, 4.69) is 25.4 Å². The molecule has 0 aliphatic rings. The SMILES string of the molecule is CSSC(C)(C)CNCCOc1cc(CO)cc(CO)c1.Cl.NCCOc1cc(CO)cc(CO)c1. The Balaban J connectivity index is 0.000000713. The molecule has 7 N–H and O–H groups in total. The van der Waals surface area contributed by atoms with E-state index >= 15 is 0 Å². The summed E-state index contributed by atoms with van der Waals surface area (Å²) in [5.41, 5.74) is 8.25. The topological polar surface area (TPSA) is 137 Å².